The summed E-state index contributed by atoms with van der Waals surface area (Å²) in [6, 6.07) is 0. The number of hydrogen-bond acceptors (Lipinski definition) is 0. The summed E-state index contributed by atoms with van der Waals surface area (Å²) < 4.78 is 1.06. The predicted octanol–water partition coefficient (Wildman–Crippen LogP) is 2.94. The van der Waals surface area contributed by atoms with Crippen molar-refractivity contribution in [1.29, 1.82) is 0 Å². The Morgan fingerprint density at radius 2 is 1.57 bits per heavy atom. The molecule has 0 fully saturated rings. The second kappa shape index (κ2) is 1.99. The van der Waals surface area contributed by atoms with E-state index in [-0.39, 0.29) is 5.41 Å². The van der Waals surface area contributed by atoms with Crippen LogP contribution in [0.25, 0.3) is 0 Å². The second-order valence-electron chi connectivity index (χ2n) is 2.65. The maximum absolute atomic E-state index is 3.74. The van der Waals surface area contributed by atoms with Crippen LogP contribution in [-0.4, -0.2) is 0 Å². The molecule has 0 N–H and O–H groups in total. The Kier molecular flexibility index (Phi) is 2.06. The lowest BCUT2D eigenvalue weighted by molar-refractivity contribution is 0.537. The maximum atomic E-state index is 3.74. The summed E-state index contributed by atoms with van der Waals surface area (Å²) in [7, 11) is 0. The molecule has 0 atom stereocenters. The molecule has 0 radical (unpaired) electrons. The third-order valence-electron chi connectivity index (χ3n) is 0.814. The molecule has 0 saturated heterocycles. The molecule has 7 heavy (non-hydrogen) atoms. The van der Waals surface area contributed by atoms with Gasteiger partial charge in [0.05, 0.1) is 0 Å². The molecule has 0 aliphatic carbocycles. The summed E-state index contributed by atoms with van der Waals surface area (Å²) in [5, 5.41) is 0. The highest BCUT2D eigenvalue weighted by molar-refractivity contribution is 9.11. The fraction of sp³-hybridized carbons (Fsp3) is 0.667. The van der Waals surface area contributed by atoms with E-state index >= 15 is 0 Å². The average molecular weight is 163 g/mol. The van der Waals surface area contributed by atoms with Gasteiger partial charge in [-0.15, -0.1) is 0 Å². The van der Waals surface area contributed by atoms with Crippen LogP contribution in [0, 0.1) is 5.41 Å². The Balaban J connectivity index is 3.79. The highest BCUT2D eigenvalue weighted by Crippen LogP contribution is 2.27. The minimum absolute atomic E-state index is 0.222. The van der Waals surface area contributed by atoms with Crippen molar-refractivity contribution in [3.63, 3.8) is 0 Å². The van der Waals surface area contributed by atoms with Crippen molar-refractivity contribution < 1.29 is 0 Å². The summed E-state index contributed by atoms with van der Waals surface area (Å²) in [5.74, 6) is 0. The van der Waals surface area contributed by atoms with Crippen LogP contribution >= 0.6 is 15.9 Å². The van der Waals surface area contributed by atoms with E-state index in [4.69, 9.17) is 0 Å². The zero-order chi connectivity index (χ0) is 6.08. The largest absolute Gasteiger partial charge is 0.0883 e. The van der Waals surface area contributed by atoms with E-state index in [0.717, 1.165) is 4.48 Å². The molecule has 0 aliphatic heterocycles. The molecule has 0 heterocycles. The third kappa shape index (κ3) is 2.86. The zero-order valence-electron chi connectivity index (χ0n) is 5.09. The monoisotopic (exact) mass is 162 g/mol. The average Bonchev–Trinajstić information content (AvgIpc) is 1.31. The van der Waals surface area contributed by atoms with Crippen molar-refractivity contribution in [3.8, 4) is 0 Å². The van der Waals surface area contributed by atoms with E-state index < -0.39 is 0 Å². The Morgan fingerprint density at radius 1 is 1.43 bits per heavy atom. The SMILES string of the molecule is C=C(Br)C(C)(C)C. The number of allylic oxidation sites excluding steroid dienone is 1. The smallest absolute Gasteiger partial charge is 0.00675 e. The highest BCUT2D eigenvalue weighted by Gasteiger charge is 2.10. The molecule has 0 aromatic heterocycles. The lowest BCUT2D eigenvalue weighted by atomic mass is 9.98. The molecule has 0 aliphatic rings. The van der Waals surface area contributed by atoms with Gasteiger partial charge >= 0.3 is 0 Å². The summed E-state index contributed by atoms with van der Waals surface area (Å²) in [5.41, 5.74) is 0.222. The molecule has 0 bridgehead atoms. The summed E-state index contributed by atoms with van der Waals surface area (Å²) in [4.78, 5) is 0. The Bertz CT molecular complexity index is 76.7. The van der Waals surface area contributed by atoms with Gasteiger partial charge in [0.1, 0.15) is 0 Å². The van der Waals surface area contributed by atoms with Gasteiger partial charge < -0.3 is 0 Å². The van der Waals surface area contributed by atoms with Gasteiger partial charge in [-0.1, -0.05) is 43.3 Å². The molecule has 0 spiro atoms. The molecule has 42 valence electrons. The van der Waals surface area contributed by atoms with E-state index in [9.17, 15) is 0 Å². The van der Waals surface area contributed by atoms with Gasteiger partial charge in [0.15, 0.2) is 0 Å². The van der Waals surface area contributed by atoms with E-state index in [1.165, 1.54) is 0 Å². The first-order valence-corrected chi connectivity index (χ1v) is 3.09. The lowest BCUT2D eigenvalue weighted by Gasteiger charge is -2.15. The van der Waals surface area contributed by atoms with Crippen LogP contribution in [0.15, 0.2) is 11.1 Å². The quantitative estimate of drug-likeness (QED) is 0.515. The fourth-order valence-electron chi connectivity index (χ4n) is 0. The molecule has 0 aromatic rings. The standard InChI is InChI=1S/C6H11Br/c1-5(7)6(2,3)4/h1H2,2-4H3. The first-order valence-electron chi connectivity index (χ1n) is 2.29. The van der Waals surface area contributed by atoms with Crippen molar-refractivity contribution in [3.05, 3.63) is 11.1 Å². The molecule has 0 saturated carbocycles. The number of hydrogen-bond donors (Lipinski definition) is 0. The minimum atomic E-state index is 0.222. The number of rotatable bonds is 0. The van der Waals surface area contributed by atoms with Gasteiger partial charge in [-0.05, 0) is 9.90 Å². The first-order chi connectivity index (χ1) is 2.94. The molecule has 0 rings (SSSR count). The summed E-state index contributed by atoms with van der Waals surface area (Å²) in [6.45, 7) is 10.1. The minimum Gasteiger partial charge on any atom is -0.0883 e. The van der Waals surface area contributed by atoms with Crippen LogP contribution in [0.1, 0.15) is 20.8 Å². The van der Waals surface area contributed by atoms with Crippen LogP contribution in [0.3, 0.4) is 0 Å². The van der Waals surface area contributed by atoms with Gasteiger partial charge in [-0.3, -0.25) is 0 Å². The van der Waals surface area contributed by atoms with Gasteiger partial charge in [0.2, 0.25) is 0 Å². The maximum Gasteiger partial charge on any atom is -0.00675 e. The molecule has 0 amide bonds. The third-order valence-corrected chi connectivity index (χ3v) is 2.00. The Hall–Kier alpha value is 0.220. The van der Waals surface area contributed by atoms with Crippen LogP contribution in [0.5, 0.6) is 0 Å². The second-order valence-corrected chi connectivity index (χ2v) is 3.61. The molecular weight excluding hydrogens is 152 g/mol. The first kappa shape index (κ1) is 7.22. The van der Waals surface area contributed by atoms with E-state index in [1.807, 2.05) is 0 Å². The fourth-order valence-corrected chi connectivity index (χ4v) is 0. The molecule has 0 nitrogen and oxygen atoms in total. The molecule has 1 heteroatoms. The number of halogens is 1. The predicted molar refractivity (Wildman–Crippen MR) is 37.5 cm³/mol. The van der Waals surface area contributed by atoms with Gasteiger partial charge in [0, 0.05) is 0 Å². The van der Waals surface area contributed by atoms with Crippen molar-refractivity contribution in [2.45, 2.75) is 20.8 Å². The summed E-state index contributed by atoms with van der Waals surface area (Å²) in [6.07, 6.45) is 0. The van der Waals surface area contributed by atoms with Crippen molar-refractivity contribution in [1.82, 2.24) is 0 Å². The summed E-state index contributed by atoms with van der Waals surface area (Å²) >= 11 is 3.30. The van der Waals surface area contributed by atoms with Gasteiger partial charge in [0.25, 0.3) is 0 Å². The Morgan fingerprint density at radius 3 is 1.57 bits per heavy atom. The van der Waals surface area contributed by atoms with E-state index in [1.54, 1.807) is 0 Å². The van der Waals surface area contributed by atoms with Crippen molar-refractivity contribution in [2.75, 3.05) is 0 Å². The molecule has 0 unspecified atom stereocenters. The lowest BCUT2D eigenvalue weighted by Crippen LogP contribution is -2.02. The van der Waals surface area contributed by atoms with Gasteiger partial charge in [-0.2, -0.15) is 0 Å². The zero-order valence-corrected chi connectivity index (χ0v) is 6.67. The van der Waals surface area contributed by atoms with Gasteiger partial charge in [-0.25, -0.2) is 0 Å². The van der Waals surface area contributed by atoms with Crippen LogP contribution in [0.4, 0.5) is 0 Å². The van der Waals surface area contributed by atoms with Crippen molar-refractivity contribution >= 4 is 15.9 Å². The van der Waals surface area contributed by atoms with Crippen LogP contribution in [0.2, 0.25) is 0 Å². The van der Waals surface area contributed by atoms with E-state index in [0.29, 0.717) is 0 Å². The molecule has 0 aromatic carbocycles. The van der Waals surface area contributed by atoms with Crippen LogP contribution in [-0.2, 0) is 0 Å². The van der Waals surface area contributed by atoms with Crippen molar-refractivity contribution in [2.24, 2.45) is 5.41 Å². The molecular formula is C6H11Br. The van der Waals surface area contributed by atoms with E-state index in [2.05, 4.69) is 43.3 Å². The normalized spacial score (nSPS) is 11.4. The topological polar surface area (TPSA) is 0 Å². The Labute approximate surface area is 53.7 Å². The van der Waals surface area contributed by atoms with Crippen LogP contribution < -0.4 is 0 Å². The highest BCUT2D eigenvalue weighted by atomic mass is 79.9.